The van der Waals surface area contributed by atoms with Gasteiger partial charge in [0.15, 0.2) is 6.29 Å². The highest BCUT2D eigenvalue weighted by Crippen LogP contribution is 2.26. The molecule has 0 aliphatic carbocycles. The molecule has 0 aromatic carbocycles. The summed E-state index contributed by atoms with van der Waals surface area (Å²) in [6.07, 6.45) is 22.5. The number of hydrogen-bond donors (Lipinski definition) is 7. The van der Waals surface area contributed by atoms with Gasteiger partial charge in [-0.15, -0.1) is 0 Å². The van der Waals surface area contributed by atoms with Crippen LogP contribution < -0.4 is 5.32 Å². The van der Waals surface area contributed by atoms with Gasteiger partial charge in [0.1, 0.15) is 30.5 Å². The van der Waals surface area contributed by atoms with Crippen LogP contribution in [0.15, 0.2) is 36.5 Å². The molecule has 0 bridgehead atoms. The predicted octanol–water partition coefficient (Wildman–Crippen LogP) is 5.74. The maximum Gasteiger partial charge on any atom is 0.397 e. The molecule has 0 spiro atoms. The van der Waals surface area contributed by atoms with Crippen molar-refractivity contribution < 1.29 is 57.0 Å². The first-order valence-electron chi connectivity index (χ1n) is 20.5. The van der Waals surface area contributed by atoms with Crippen molar-refractivity contribution >= 4 is 16.3 Å². The minimum absolute atomic E-state index is 0.235. The average Bonchev–Trinajstić information content (AvgIpc) is 3.14. The van der Waals surface area contributed by atoms with Crippen LogP contribution in [0.3, 0.4) is 0 Å². The Morgan fingerprint density at radius 3 is 1.74 bits per heavy atom. The van der Waals surface area contributed by atoms with E-state index in [1.54, 1.807) is 6.08 Å². The number of amides is 1. The first-order valence-corrected chi connectivity index (χ1v) is 21.8. The monoisotopic (exact) mass is 791 g/mol. The average molecular weight is 792 g/mol. The summed E-state index contributed by atoms with van der Waals surface area (Å²) in [4.78, 5) is 13.0. The van der Waals surface area contributed by atoms with Crippen LogP contribution in [0.5, 0.6) is 0 Å². The van der Waals surface area contributed by atoms with E-state index in [0.717, 1.165) is 51.4 Å². The van der Waals surface area contributed by atoms with Crippen LogP contribution in [0.4, 0.5) is 0 Å². The van der Waals surface area contributed by atoms with Gasteiger partial charge in [-0.3, -0.25) is 9.35 Å². The Morgan fingerprint density at radius 1 is 0.741 bits per heavy atom. The molecule has 316 valence electrons. The van der Waals surface area contributed by atoms with Gasteiger partial charge in [0.05, 0.1) is 25.4 Å². The van der Waals surface area contributed by atoms with E-state index in [2.05, 4.69) is 47.7 Å². The van der Waals surface area contributed by atoms with Crippen LogP contribution in [0, 0.1) is 0 Å². The number of ether oxygens (including phenoxy) is 2. The third-order valence-corrected chi connectivity index (χ3v) is 9.96. The molecule has 0 aromatic rings. The van der Waals surface area contributed by atoms with Gasteiger partial charge in [0.2, 0.25) is 5.91 Å². The molecular weight excluding hydrogens is 719 g/mol. The Balaban J connectivity index is 2.68. The van der Waals surface area contributed by atoms with Crippen LogP contribution in [0.25, 0.3) is 0 Å². The van der Waals surface area contributed by atoms with Crippen molar-refractivity contribution in [3.63, 3.8) is 0 Å². The number of rotatable bonds is 33. The zero-order valence-electron chi connectivity index (χ0n) is 32.9. The zero-order chi connectivity index (χ0) is 40.0. The lowest BCUT2D eigenvalue weighted by atomic mass is 9.99. The normalized spacial score (nSPS) is 22.7. The molecule has 1 fully saturated rings. The number of unbranched alkanes of at least 4 members (excludes halogenated alkanes) is 16. The van der Waals surface area contributed by atoms with Crippen molar-refractivity contribution in [1.29, 1.82) is 0 Å². The molecular formula is C40H73NO12S. The Kier molecular flexibility index (Phi) is 29.2. The van der Waals surface area contributed by atoms with E-state index in [-0.39, 0.29) is 6.42 Å². The molecule has 1 saturated heterocycles. The smallest absolute Gasteiger partial charge is 0.394 e. The third kappa shape index (κ3) is 24.0. The van der Waals surface area contributed by atoms with E-state index in [4.69, 9.17) is 14.0 Å². The second-order valence-electron chi connectivity index (χ2n) is 14.3. The summed E-state index contributed by atoms with van der Waals surface area (Å²) < 4.78 is 47.3. The molecule has 7 N–H and O–H groups in total. The van der Waals surface area contributed by atoms with Crippen molar-refractivity contribution in [3.8, 4) is 0 Å². The Morgan fingerprint density at radius 2 is 1.24 bits per heavy atom. The van der Waals surface area contributed by atoms with E-state index >= 15 is 0 Å². The van der Waals surface area contributed by atoms with Crippen molar-refractivity contribution in [2.75, 3.05) is 13.2 Å². The topological polar surface area (TPSA) is 212 Å². The molecule has 8 unspecified atom stereocenters. The van der Waals surface area contributed by atoms with Crippen LogP contribution >= 0.6 is 0 Å². The van der Waals surface area contributed by atoms with Gasteiger partial charge in [-0.2, -0.15) is 8.42 Å². The minimum Gasteiger partial charge on any atom is -0.394 e. The number of nitrogens with one attached hydrogen (secondary N) is 1. The lowest BCUT2D eigenvalue weighted by Crippen LogP contribution is -2.61. The SMILES string of the molecule is CCC/C=C/CC/C=C/CC/C=C/C(O)C(COC1OC(CO)C(O)C(OS(=O)(=O)O)C1O)NC(=O)C(O)CCCCCCCCCCCCCCCC. The van der Waals surface area contributed by atoms with E-state index < -0.39 is 78.5 Å². The first-order chi connectivity index (χ1) is 25.9. The summed E-state index contributed by atoms with van der Waals surface area (Å²) in [5.74, 6) is -0.719. The van der Waals surface area contributed by atoms with Crippen molar-refractivity contribution in [3.05, 3.63) is 36.5 Å². The highest BCUT2D eigenvalue weighted by atomic mass is 32.3. The number of aliphatic hydroxyl groups excluding tert-OH is 5. The van der Waals surface area contributed by atoms with Crippen LogP contribution in [0.2, 0.25) is 0 Å². The lowest BCUT2D eigenvalue weighted by Gasteiger charge is -2.41. The maximum absolute atomic E-state index is 13.0. The van der Waals surface area contributed by atoms with Gasteiger partial charge >= 0.3 is 10.4 Å². The van der Waals surface area contributed by atoms with E-state index in [9.17, 15) is 38.7 Å². The van der Waals surface area contributed by atoms with E-state index in [1.807, 2.05) is 0 Å². The molecule has 1 amide bonds. The van der Waals surface area contributed by atoms with Gasteiger partial charge < -0.3 is 40.3 Å². The zero-order valence-corrected chi connectivity index (χ0v) is 33.7. The highest BCUT2D eigenvalue weighted by molar-refractivity contribution is 7.80. The van der Waals surface area contributed by atoms with Crippen molar-refractivity contribution in [2.24, 2.45) is 0 Å². The number of allylic oxidation sites excluding steroid dienone is 5. The van der Waals surface area contributed by atoms with E-state index in [1.165, 1.54) is 70.3 Å². The van der Waals surface area contributed by atoms with Gasteiger partial charge in [-0.05, 0) is 38.5 Å². The predicted molar refractivity (Wildman–Crippen MR) is 210 cm³/mol. The molecule has 1 aliphatic rings. The first kappa shape index (κ1) is 50.3. The van der Waals surface area contributed by atoms with Gasteiger partial charge in [-0.1, -0.05) is 147 Å². The number of carbonyl (C=O) groups excluding carboxylic acids is 1. The summed E-state index contributed by atoms with van der Waals surface area (Å²) in [5.41, 5.74) is 0. The maximum atomic E-state index is 13.0. The largest absolute Gasteiger partial charge is 0.397 e. The molecule has 8 atom stereocenters. The number of hydrogen-bond acceptors (Lipinski definition) is 11. The molecule has 0 radical (unpaired) electrons. The second kappa shape index (κ2) is 31.4. The quantitative estimate of drug-likeness (QED) is 0.0241. The fraction of sp³-hybridized carbons (Fsp3) is 0.825. The molecule has 1 heterocycles. The molecule has 14 heteroatoms. The molecule has 1 aliphatic heterocycles. The summed E-state index contributed by atoms with van der Waals surface area (Å²) >= 11 is 0. The fourth-order valence-corrected chi connectivity index (χ4v) is 6.71. The summed E-state index contributed by atoms with van der Waals surface area (Å²) in [6.45, 7) is 3.08. The highest BCUT2D eigenvalue weighted by Gasteiger charge is 2.48. The van der Waals surface area contributed by atoms with Crippen molar-refractivity contribution in [2.45, 2.75) is 198 Å². The molecule has 0 aromatic heterocycles. The van der Waals surface area contributed by atoms with Crippen LogP contribution in [0.1, 0.15) is 149 Å². The van der Waals surface area contributed by atoms with Gasteiger partial charge in [-0.25, -0.2) is 4.18 Å². The summed E-state index contributed by atoms with van der Waals surface area (Å²) in [7, 11) is -5.12. The Hall–Kier alpha value is -1.72. The lowest BCUT2D eigenvalue weighted by molar-refractivity contribution is -0.298. The summed E-state index contributed by atoms with van der Waals surface area (Å²) in [6, 6.07) is -1.14. The number of aliphatic hydroxyl groups is 5. The van der Waals surface area contributed by atoms with Gasteiger partial charge in [0, 0.05) is 0 Å². The van der Waals surface area contributed by atoms with E-state index in [0.29, 0.717) is 12.8 Å². The van der Waals surface area contributed by atoms with Crippen molar-refractivity contribution in [1.82, 2.24) is 5.32 Å². The summed E-state index contributed by atoms with van der Waals surface area (Å²) in [5, 5.41) is 54.9. The second-order valence-corrected chi connectivity index (χ2v) is 15.4. The molecule has 13 nitrogen and oxygen atoms in total. The minimum atomic E-state index is -5.12. The number of carbonyl (C=O) groups is 1. The van der Waals surface area contributed by atoms with Crippen LogP contribution in [-0.2, 0) is 28.9 Å². The molecule has 1 rings (SSSR count). The Labute approximate surface area is 325 Å². The standard InChI is InChI=1S/C40H73NO12S/c1-3-5-7-9-11-13-15-16-17-19-21-23-25-27-29-34(44)39(47)41-32(33(43)28-26-24-22-20-18-14-12-10-8-6-4-2)31-51-40-37(46)38(53-54(48,49)50)36(45)35(30-42)52-40/h8,10,18,20,26,28,32-38,40,42-46H,3-7,9,11-17,19,21-25,27,29-31H2,1-2H3,(H,41,47)(H,48,49,50)/b10-8+,20-18+,28-26+. The van der Waals surface area contributed by atoms with Crippen LogP contribution in [-0.4, -0.2) is 107 Å². The molecule has 54 heavy (non-hydrogen) atoms. The molecule has 0 saturated carbocycles. The Bertz CT molecular complexity index is 1130. The van der Waals surface area contributed by atoms with Gasteiger partial charge in [0.25, 0.3) is 0 Å². The third-order valence-electron chi connectivity index (χ3n) is 9.49. The fourth-order valence-electron chi connectivity index (χ4n) is 6.20.